The number of hydrogen-bond acceptors (Lipinski definition) is 4. The number of aryl methyl sites for hydroxylation is 2. The zero-order valence-electron chi connectivity index (χ0n) is 19.9. The molecule has 3 aromatic carbocycles. The van der Waals surface area contributed by atoms with Gasteiger partial charge in [0.2, 0.25) is 0 Å². The van der Waals surface area contributed by atoms with Gasteiger partial charge < -0.3 is 10.2 Å². The van der Waals surface area contributed by atoms with E-state index in [1.165, 1.54) is 44.2 Å². The minimum atomic E-state index is -5.12. The summed E-state index contributed by atoms with van der Waals surface area (Å²) in [5.74, 6) is -3.75. The fourth-order valence-electron chi connectivity index (χ4n) is 4.33. The first-order valence-electron chi connectivity index (χ1n) is 11.1. The van der Waals surface area contributed by atoms with Gasteiger partial charge in [0.25, 0.3) is 17.3 Å². The molecule has 1 aliphatic heterocycles. The van der Waals surface area contributed by atoms with Crippen LogP contribution in [0.5, 0.6) is 0 Å². The minimum absolute atomic E-state index is 0.00509. The first-order chi connectivity index (χ1) is 17.7. The second-order valence-electron chi connectivity index (χ2n) is 8.86. The van der Waals surface area contributed by atoms with Crippen molar-refractivity contribution in [2.75, 3.05) is 6.54 Å². The molecule has 0 saturated heterocycles. The van der Waals surface area contributed by atoms with Crippen molar-refractivity contribution in [3.8, 4) is 0 Å². The Bertz CT molecular complexity index is 1450. The number of Topliss-reactive ketones (excluding diaryl/α,β-unsaturated/α-hetero) is 1. The van der Waals surface area contributed by atoms with E-state index in [4.69, 9.17) is 4.84 Å². The van der Waals surface area contributed by atoms with Crippen molar-refractivity contribution in [2.24, 2.45) is 5.16 Å². The molecule has 1 N–H and O–H groups in total. The Kier molecular flexibility index (Phi) is 6.71. The van der Waals surface area contributed by atoms with Crippen LogP contribution in [0.1, 0.15) is 39.0 Å². The van der Waals surface area contributed by atoms with Crippen molar-refractivity contribution < 1.29 is 45.2 Å². The van der Waals surface area contributed by atoms with Gasteiger partial charge in [0, 0.05) is 23.1 Å². The summed E-state index contributed by atoms with van der Waals surface area (Å²) in [7, 11) is 0. The zero-order chi connectivity index (χ0) is 28.0. The van der Waals surface area contributed by atoms with Crippen LogP contribution in [0.15, 0.2) is 53.7 Å². The smallest absolute Gasteiger partial charge is 0.374 e. The van der Waals surface area contributed by atoms with Crippen LogP contribution in [0.25, 0.3) is 10.8 Å². The first-order valence-corrected chi connectivity index (χ1v) is 11.1. The molecule has 0 fully saturated rings. The van der Waals surface area contributed by atoms with Crippen molar-refractivity contribution in [3.63, 3.8) is 0 Å². The van der Waals surface area contributed by atoms with Crippen molar-refractivity contribution in [1.29, 1.82) is 0 Å². The molecule has 0 radical (unpaired) electrons. The highest BCUT2D eigenvalue weighted by Crippen LogP contribution is 2.49. The van der Waals surface area contributed by atoms with Crippen LogP contribution in [-0.2, 0) is 15.2 Å². The van der Waals surface area contributed by atoms with Gasteiger partial charge in [-0.15, -0.1) is 0 Å². The summed E-state index contributed by atoms with van der Waals surface area (Å²) >= 11 is 0. The quantitative estimate of drug-likeness (QED) is 0.402. The second-order valence-corrected chi connectivity index (χ2v) is 8.86. The van der Waals surface area contributed by atoms with Crippen LogP contribution < -0.4 is 5.32 Å². The van der Waals surface area contributed by atoms with Crippen LogP contribution in [0, 0.1) is 19.7 Å². The number of ketones is 1. The molecule has 3 aromatic rings. The van der Waals surface area contributed by atoms with E-state index in [0.717, 1.165) is 12.1 Å². The van der Waals surface area contributed by atoms with Gasteiger partial charge in [0.1, 0.15) is 5.82 Å². The van der Waals surface area contributed by atoms with Gasteiger partial charge in [-0.3, -0.25) is 9.59 Å². The number of oxime groups is 1. The third-order valence-electron chi connectivity index (χ3n) is 6.29. The van der Waals surface area contributed by atoms with Gasteiger partial charge in [-0.05, 0) is 53.9 Å². The summed E-state index contributed by atoms with van der Waals surface area (Å²) in [6, 6.07) is 10.7. The summed E-state index contributed by atoms with van der Waals surface area (Å²) < 4.78 is 94.9. The zero-order valence-corrected chi connectivity index (χ0v) is 19.9. The third-order valence-corrected chi connectivity index (χ3v) is 6.29. The normalized spacial score (nSPS) is 17.8. The predicted octanol–water partition coefficient (Wildman–Crippen LogP) is 6.04. The van der Waals surface area contributed by atoms with Crippen molar-refractivity contribution in [3.05, 3.63) is 82.2 Å². The number of nitrogens with zero attached hydrogens (tertiary/aromatic N) is 1. The summed E-state index contributed by atoms with van der Waals surface area (Å²) in [6.45, 7) is 1.40. The number of amides is 1. The molecule has 0 bridgehead atoms. The van der Waals surface area contributed by atoms with Gasteiger partial charge in [-0.2, -0.15) is 26.3 Å². The van der Waals surface area contributed by atoms with E-state index >= 15 is 0 Å². The van der Waals surface area contributed by atoms with Gasteiger partial charge in [0.05, 0.1) is 12.3 Å². The number of benzene rings is 3. The lowest BCUT2D eigenvalue weighted by atomic mass is 9.84. The molecular formula is C26H19F7N2O3. The summed E-state index contributed by atoms with van der Waals surface area (Å²) in [4.78, 5) is 28.7. The molecule has 1 heterocycles. The molecule has 1 unspecified atom stereocenters. The molecule has 38 heavy (non-hydrogen) atoms. The first kappa shape index (κ1) is 27.1. The highest BCUT2D eigenvalue weighted by molar-refractivity contribution is 6.16. The van der Waals surface area contributed by atoms with Crippen LogP contribution in [0.3, 0.4) is 0 Å². The van der Waals surface area contributed by atoms with Crippen LogP contribution in [0.4, 0.5) is 30.7 Å². The molecule has 1 amide bonds. The fraction of sp³-hybridized carbons (Fsp3) is 0.269. The molecule has 1 aliphatic rings. The number of rotatable bonds is 5. The number of carbonyl (C=O) groups excluding carboxylic acids is 2. The monoisotopic (exact) mass is 540 g/mol. The number of carbonyl (C=O) groups is 2. The molecule has 5 nitrogen and oxygen atoms in total. The van der Waals surface area contributed by atoms with Gasteiger partial charge in [-0.1, -0.05) is 35.5 Å². The fourth-order valence-corrected chi connectivity index (χ4v) is 4.33. The van der Waals surface area contributed by atoms with E-state index < -0.39 is 48.4 Å². The third kappa shape index (κ3) is 4.70. The van der Waals surface area contributed by atoms with Gasteiger partial charge in [0.15, 0.2) is 0 Å². The van der Waals surface area contributed by atoms with Crippen LogP contribution >= 0.6 is 0 Å². The van der Waals surface area contributed by atoms with E-state index in [-0.39, 0.29) is 44.3 Å². The second kappa shape index (κ2) is 9.41. The molecular weight excluding hydrogens is 521 g/mol. The Balaban J connectivity index is 1.71. The average Bonchev–Trinajstić information content (AvgIpc) is 3.31. The maximum Gasteiger partial charge on any atom is 0.451 e. The SMILES string of the molecule is Cc1cc(C2(C(F)(F)F)CC(c3ccc(C(=O)NCC(=O)C(F)(F)F)c4ccccc34)=NO2)cc(C)c1F. The molecule has 12 heteroatoms. The number of nitrogens with one attached hydrogen (secondary N) is 1. The lowest BCUT2D eigenvalue weighted by Crippen LogP contribution is -2.43. The molecule has 0 aliphatic carbocycles. The maximum absolute atomic E-state index is 14.4. The number of alkyl halides is 6. The number of fused-ring (bicyclic) bond motifs is 1. The van der Waals surface area contributed by atoms with E-state index in [2.05, 4.69) is 5.16 Å². The lowest BCUT2D eigenvalue weighted by molar-refractivity contribution is -0.275. The van der Waals surface area contributed by atoms with E-state index in [1.807, 2.05) is 5.32 Å². The Morgan fingerprint density at radius 3 is 2.16 bits per heavy atom. The molecule has 200 valence electrons. The predicted molar refractivity (Wildman–Crippen MR) is 123 cm³/mol. The van der Waals surface area contributed by atoms with E-state index in [9.17, 15) is 40.3 Å². The van der Waals surface area contributed by atoms with Gasteiger partial charge >= 0.3 is 12.4 Å². The average molecular weight is 540 g/mol. The van der Waals surface area contributed by atoms with Gasteiger partial charge in [-0.25, -0.2) is 4.39 Å². The largest absolute Gasteiger partial charge is 0.451 e. The number of halogens is 7. The summed E-state index contributed by atoms with van der Waals surface area (Å²) in [5, 5.41) is 6.14. The molecule has 0 spiro atoms. The summed E-state index contributed by atoms with van der Waals surface area (Å²) in [5.41, 5.74) is -3.19. The minimum Gasteiger partial charge on any atom is -0.374 e. The molecule has 1 atom stereocenters. The molecule has 0 aromatic heterocycles. The Morgan fingerprint density at radius 1 is 0.974 bits per heavy atom. The van der Waals surface area contributed by atoms with E-state index in [1.54, 1.807) is 6.07 Å². The van der Waals surface area contributed by atoms with Crippen molar-refractivity contribution in [2.45, 2.75) is 38.2 Å². The molecule has 4 rings (SSSR count). The lowest BCUT2D eigenvalue weighted by Gasteiger charge is -2.30. The molecule has 0 saturated carbocycles. The maximum atomic E-state index is 14.4. The highest BCUT2D eigenvalue weighted by Gasteiger charge is 2.62. The Hall–Kier alpha value is -3.96. The Labute approximate surface area is 211 Å². The van der Waals surface area contributed by atoms with E-state index in [0.29, 0.717) is 0 Å². The Morgan fingerprint density at radius 2 is 1.58 bits per heavy atom. The summed E-state index contributed by atoms with van der Waals surface area (Å²) in [6.07, 6.45) is -10.8. The van der Waals surface area contributed by atoms with Crippen LogP contribution in [-0.4, -0.2) is 36.3 Å². The highest BCUT2D eigenvalue weighted by atomic mass is 19.4. The standard InChI is InChI=1S/C26H19F7N2O3/c1-13-9-15(10-14(2)22(13)27)24(26(31,32)33)11-20(35-38-24)18-7-8-19(17-6-4-3-5-16(17)18)23(37)34-12-21(36)25(28,29)30/h3-10H,11-12H2,1-2H3,(H,34,37). The van der Waals surface area contributed by atoms with Crippen molar-refractivity contribution >= 4 is 28.2 Å². The van der Waals surface area contributed by atoms with Crippen LogP contribution in [0.2, 0.25) is 0 Å². The van der Waals surface area contributed by atoms with Crippen molar-refractivity contribution in [1.82, 2.24) is 5.32 Å². The topological polar surface area (TPSA) is 67.8 Å². The number of hydrogen-bond donors (Lipinski definition) is 1.